The molecule has 2 aliphatic rings. The number of carbonyl (C=O) groups excluding carboxylic acids is 2. The highest BCUT2D eigenvalue weighted by atomic mass is 35.5. The maximum atomic E-state index is 12.7. The lowest BCUT2D eigenvalue weighted by atomic mass is 9.79. The normalized spacial score (nSPS) is 23.0. The lowest BCUT2D eigenvalue weighted by Crippen LogP contribution is -2.60. The standard InChI is InChI=1S/C16H29N3O2.ClH/c1-13(20)19-16(6-4-3-5-7-16)14(21)18-12-15(2)8-10-17-11-9-15;/h17H,3-12H2,1-2H3,(H,18,21)(H,19,20);1H. The zero-order valence-electron chi connectivity index (χ0n) is 13.8. The van der Waals surface area contributed by atoms with Gasteiger partial charge in [-0.05, 0) is 44.2 Å². The second-order valence-electron chi connectivity index (χ2n) is 7.07. The largest absolute Gasteiger partial charge is 0.354 e. The molecule has 2 amide bonds. The summed E-state index contributed by atoms with van der Waals surface area (Å²) in [5.41, 5.74) is -0.500. The van der Waals surface area contributed by atoms with E-state index in [0.29, 0.717) is 6.54 Å². The van der Waals surface area contributed by atoms with Crippen molar-refractivity contribution in [3.63, 3.8) is 0 Å². The molecule has 0 unspecified atom stereocenters. The van der Waals surface area contributed by atoms with Gasteiger partial charge in [0.05, 0.1) is 0 Å². The van der Waals surface area contributed by atoms with Crippen molar-refractivity contribution >= 4 is 24.2 Å². The summed E-state index contributed by atoms with van der Waals surface area (Å²) in [6.07, 6.45) is 6.86. The SMILES string of the molecule is CC(=O)NC1(C(=O)NCC2(C)CCNCC2)CCCCC1.Cl. The Morgan fingerprint density at radius 3 is 2.18 bits per heavy atom. The fourth-order valence-electron chi connectivity index (χ4n) is 3.57. The number of hydrogen-bond donors (Lipinski definition) is 3. The number of rotatable bonds is 4. The number of nitrogens with one attached hydrogen (secondary N) is 3. The van der Waals surface area contributed by atoms with Gasteiger partial charge in [0.25, 0.3) is 0 Å². The quantitative estimate of drug-likeness (QED) is 0.735. The summed E-state index contributed by atoms with van der Waals surface area (Å²) < 4.78 is 0. The first-order valence-electron chi connectivity index (χ1n) is 8.24. The number of piperidine rings is 1. The van der Waals surface area contributed by atoms with Crippen molar-refractivity contribution in [2.75, 3.05) is 19.6 Å². The molecule has 1 saturated heterocycles. The van der Waals surface area contributed by atoms with E-state index in [-0.39, 0.29) is 29.6 Å². The first-order chi connectivity index (χ1) is 9.96. The summed E-state index contributed by atoms with van der Waals surface area (Å²) in [7, 11) is 0. The monoisotopic (exact) mass is 331 g/mol. The minimum Gasteiger partial charge on any atom is -0.354 e. The Kier molecular flexibility index (Phi) is 7.13. The molecule has 5 nitrogen and oxygen atoms in total. The van der Waals surface area contributed by atoms with E-state index < -0.39 is 5.54 Å². The van der Waals surface area contributed by atoms with Gasteiger partial charge < -0.3 is 16.0 Å². The molecule has 0 aromatic carbocycles. The Bertz CT molecular complexity index is 389. The van der Waals surface area contributed by atoms with Crippen molar-refractivity contribution in [3.05, 3.63) is 0 Å². The second kappa shape index (κ2) is 8.16. The smallest absolute Gasteiger partial charge is 0.245 e. The maximum absolute atomic E-state index is 12.7. The molecular weight excluding hydrogens is 302 g/mol. The summed E-state index contributed by atoms with van der Waals surface area (Å²) in [6.45, 7) is 6.47. The van der Waals surface area contributed by atoms with E-state index in [1.54, 1.807) is 0 Å². The van der Waals surface area contributed by atoms with Crippen molar-refractivity contribution < 1.29 is 9.59 Å². The Labute approximate surface area is 139 Å². The second-order valence-corrected chi connectivity index (χ2v) is 7.07. The van der Waals surface area contributed by atoms with Gasteiger partial charge >= 0.3 is 0 Å². The minimum atomic E-state index is -0.673. The van der Waals surface area contributed by atoms with E-state index in [1.165, 1.54) is 6.92 Å². The molecule has 0 spiro atoms. The van der Waals surface area contributed by atoms with Crippen LogP contribution in [0, 0.1) is 5.41 Å². The molecule has 3 N–H and O–H groups in total. The molecule has 6 heteroatoms. The molecule has 0 aromatic heterocycles. The van der Waals surface area contributed by atoms with Gasteiger partial charge in [-0.15, -0.1) is 12.4 Å². The Morgan fingerprint density at radius 1 is 1.05 bits per heavy atom. The highest BCUT2D eigenvalue weighted by Crippen LogP contribution is 2.30. The van der Waals surface area contributed by atoms with Crippen LogP contribution >= 0.6 is 12.4 Å². The summed E-state index contributed by atoms with van der Waals surface area (Å²) >= 11 is 0. The molecule has 0 bridgehead atoms. The molecule has 1 aliphatic carbocycles. The van der Waals surface area contributed by atoms with Crippen LogP contribution in [0.4, 0.5) is 0 Å². The molecule has 1 aliphatic heterocycles. The van der Waals surface area contributed by atoms with Gasteiger partial charge in [0.2, 0.25) is 11.8 Å². The minimum absolute atomic E-state index is 0. The average molecular weight is 332 g/mol. The highest BCUT2D eigenvalue weighted by Gasteiger charge is 2.41. The summed E-state index contributed by atoms with van der Waals surface area (Å²) in [6, 6.07) is 0. The molecule has 22 heavy (non-hydrogen) atoms. The van der Waals surface area contributed by atoms with Gasteiger partial charge in [-0.1, -0.05) is 26.2 Å². The molecule has 1 saturated carbocycles. The molecule has 0 aromatic rings. The molecular formula is C16H30ClN3O2. The van der Waals surface area contributed by atoms with E-state index >= 15 is 0 Å². The predicted molar refractivity (Wildman–Crippen MR) is 90.1 cm³/mol. The van der Waals surface area contributed by atoms with E-state index in [9.17, 15) is 9.59 Å². The first kappa shape index (κ1) is 19.2. The third-order valence-electron chi connectivity index (χ3n) is 5.04. The van der Waals surface area contributed by atoms with E-state index in [2.05, 4.69) is 22.9 Å². The van der Waals surface area contributed by atoms with Gasteiger partial charge in [0.15, 0.2) is 0 Å². The molecule has 0 radical (unpaired) electrons. The topological polar surface area (TPSA) is 70.2 Å². The zero-order valence-corrected chi connectivity index (χ0v) is 14.6. The number of carbonyl (C=O) groups is 2. The molecule has 2 fully saturated rings. The number of halogens is 1. The van der Waals surface area contributed by atoms with E-state index in [0.717, 1.165) is 58.0 Å². The van der Waals surface area contributed by atoms with Crippen molar-refractivity contribution in [2.24, 2.45) is 5.41 Å². The number of amides is 2. The third kappa shape index (κ3) is 4.85. The molecule has 128 valence electrons. The highest BCUT2D eigenvalue weighted by molar-refractivity contribution is 5.91. The molecule has 0 atom stereocenters. The zero-order chi connectivity index (χ0) is 15.3. The predicted octanol–water partition coefficient (Wildman–Crippen LogP) is 1.75. The van der Waals surface area contributed by atoms with Crippen molar-refractivity contribution in [1.29, 1.82) is 0 Å². The Morgan fingerprint density at radius 2 is 1.64 bits per heavy atom. The van der Waals surface area contributed by atoms with Crippen LogP contribution < -0.4 is 16.0 Å². The van der Waals surface area contributed by atoms with Crippen LogP contribution in [-0.4, -0.2) is 37.0 Å². The van der Waals surface area contributed by atoms with Crippen LogP contribution in [0.3, 0.4) is 0 Å². The maximum Gasteiger partial charge on any atom is 0.245 e. The van der Waals surface area contributed by atoms with Gasteiger partial charge in [0.1, 0.15) is 5.54 Å². The average Bonchev–Trinajstić information content (AvgIpc) is 2.46. The Balaban J connectivity index is 0.00000242. The van der Waals surface area contributed by atoms with Crippen LogP contribution in [0.15, 0.2) is 0 Å². The molecule has 1 heterocycles. The van der Waals surface area contributed by atoms with Crippen molar-refractivity contribution in [1.82, 2.24) is 16.0 Å². The molecule has 2 rings (SSSR count). The fraction of sp³-hybridized carbons (Fsp3) is 0.875. The van der Waals surface area contributed by atoms with Crippen LogP contribution in [-0.2, 0) is 9.59 Å². The van der Waals surface area contributed by atoms with Crippen LogP contribution in [0.5, 0.6) is 0 Å². The summed E-state index contributed by atoms with van der Waals surface area (Å²) in [5.74, 6) is -0.0997. The van der Waals surface area contributed by atoms with E-state index in [4.69, 9.17) is 0 Å². The first-order valence-corrected chi connectivity index (χ1v) is 8.24. The van der Waals surface area contributed by atoms with Crippen molar-refractivity contribution in [2.45, 2.75) is 64.3 Å². The van der Waals surface area contributed by atoms with Gasteiger partial charge in [-0.3, -0.25) is 9.59 Å². The summed E-state index contributed by atoms with van der Waals surface area (Å²) in [4.78, 5) is 24.2. The lowest BCUT2D eigenvalue weighted by Gasteiger charge is -2.39. The van der Waals surface area contributed by atoms with Crippen LogP contribution in [0.1, 0.15) is 58.8 Å². The lowest BCUT2D eigenvalue weighted by molar-refractivity contribution is -0.134. The van der Waals surface area contributed by atoms with E-state index in [1.807, 2.05) is 0 Å². The van der Waals surface area contributed by atoms with Crippen LogP contribution in [0.25, 0.3) is 0 Å². The van der Waals surface area contributed by atoms with Gasteiger partial charge in [-0.25, -0.2) is 0 Å². The van der Waals surface area contributed by atoms with Crippen molar-refractivity contribution in [3.8, 4) is 0 Å². The van der Waals surface area contributed by atoms with Gasteiger partial charge in [-0.2, -0.15) is 0 Å². The number of hydrogen-bond acceptors (Lipinski definition) is 3. The Hall–Kier alpha value is -0.810. The third-order valence-corrected chi connectivity index (χ3v) is 5.04. The van der Waals surface area contributed by atoms with Crippen LogP contribution in [0.2, 0.25) is 0 Å². The van der Waals surface area contributed by atoms with Gasteiger partial charge in [0, 0.05) is 13.5 Å². The fourth-order valence-corrected chi connectivity index (χ4v) is 3.57. The summed E-state index contributed by atoms with van der Waals surface area (Å²) in [5, 5.41) is 9.41.